The average Bonchev–Trinajstić information content (AvgIpc) is 2.28. The van der Waals surface area contributed by atoms with Crippen molar-refractivity contribution in [3.8, 4) is 0 Å². The summed E-state index contributed by atoms with van der Waals surface area (Å²) in [5.41, 5.74) is -0.872. The summed E-state index contributed by atoms with van der Waals surface area (Å²) in [5.74, 6) is 0.600. The quantitative estimate of drug-likeness (QED) is 0.847. The molecule has 1 N–H and O–H groups in total. The molecule has 100 valence electrons. The van der Waals surface area contributed by atoms with Gasteiger partial charge in [-0.05, 0) is 24.6 Å². The van der Waals surface area contributed by atoms with Gasteiger partial charge in [-0.15, -0.1) is 0 Å². The summed E-state index contributed by atoms with van der Waals surface area (Å²) in [7, 11) is 0. The molecule has 1 aromatic rings. The molecule has 0 unspecified atom stereocenters. The number of rotatable bonds is 3. The third-order valence-electron chi connectivity index (χ3n) is 1.97. The minimum absolute atomic E-state index is 0.0277. The number of halogens is 4. The molecule has 0 aliphatic carbocycles. The number of alkyl halides is 3. The zero-order chi connectivity index (χ0) is 13.8. The van der Waals surface area contributed by atoms with E-state index in [0.29, 0.717) is 5.75 Å². The first kappa shape index (κ1) is 15.2. The molecule has 7 heteroatoms. The summed E-state index contributed by atoms with van der Waals surface area (Å²) in [6, 6.07) is 2.81. The van der Waals surface area contributed by atoms with Crippen molar-refractivity contribution in [2.24, 2.45) is 0 Å². The van der Waals surface area contributed by atoms with E-state index in [2.05, 4.69) is 5.32 Å². The summed E-state index contributed by atoms with van der Waals surface area (Å²) in [6.45, 7) is 1.90. The van der Waals surface area contributed by atoms with E-state index in [0.717, 1.165) is 36.4 Å². The lowest BCUT2D eigenvalue weighted by Crippen LogP contribution is -2.09. The van der Waals surface area contributed by atoms with Crippen molar-refractivity contribution in [1.29, 1.82) is 0 Å². The predicted molar refractivity (Wildman–Crippen MR) is 68.2 cm³/mol. The number of carbonyl (C=O) groups is 1. The Morgan fingerprint density at radius 3 is 2.67 bits per heavy atom. The molecule has 0 atom stereocenters. The van der Waals surface area contributed by atoms with Crippen LogP contribution in [0.15, 0.2) is 18.2 Å². The van der Waals surface area contributed by atoms with Gasteiger partial charge in [0.15, 0.2) is 0 Å². The van der Waals surface area contributed by atoms with Crippen LogP contribution in [0.25, 0.3) is 0 Å². The fourth-order valence-electron chi connectivity index (χ4n) is 1.14. The highest BCUT2D eigenvalue weighted by Gasteiger charge is 2.31. The van der Waals surface area contributed by atoms with Gasteiger partial charge in [-0.25, -0.2) is 0 Å². The summed E-state index contributed by atoms with van der Waals surface area (Å²) in [4.78, 5) is 11.4. The summed E-state index contributed by atoms with van der Waals surface area (Å²) >= 11 is 6.74. The summed E-state index contributed by atoms with van der Waals surface area (Å²) < 4.78 is 37.4. The Kier molecular flexibility index (Phi) is 5.34. The third kappa shape index (κ3) is 4.42. The molecule has 0 radical (unpaired) electrons. The first-order valence-electron chi connectivity index (χ1n) is 5.15. The molecule has 18 heavy (non-hydrogen) atoms. The van der Waals surface area contributed by atoms with Crippen molar-refractivity contribution in [1.82, 2.24) is 0 Å². The molecule has 0 bridgehead atoms. The van der Waals surface area contributed by atoms with Crippen LogP contribution in [0.1, 0.15) is 18.9 Å². The fourth-order valence-corrected chi connectivity index (χ4v) is 1.87. The van der Waals surface area contributed by atoms with E-state index in [1.54, 1.807) is 0 Å². The molecule has 0 aliphatic heterocycles. The average molecular weight is 298 g/mol. The SMILES string of the molecule is CCCSC(=O)Nc1cc(C(F)(F)F)ccc1Cl. The van der Waals surface area contributed by atoms with Crippen molar-refractivity contribution in [3.63, 3.8) is 0 Å². The van der Waals surface area contributed by atoms with Crippen LogP contribution in [0.2, 0.25) is 5.02 Å². The van der Waals surface area contributed by atoms with Gasteiger partial charge in [0.25, 0.3) is 5.24 Å². The number of thioether (sulfide) groups is 1. The zero-order valence-electron chi connectivity index (χ0n) is 9.47. The monoisotopic (exact) mass is 297 g/mol. The fraction of sp³-hybridized carbons (Fsp3) is 0.364. The summed E-state index contributed by atoms with van der Waals surface area (Å²) in [6.07, 6.45) is -3.66. The van der Waals surface area contributed by atoms with Crippen LogP contribution in [0, 0.1) is 0 Å². The van der Waals surface area contributed by atoms with E-state index in [-0.39, 0.29) is 10.7 Å². The van der Waals surface area contributed by atoms with Gasteiger partial charge in [0.1, 0.15) is 0 Å². The maximum atomic E-state index is 12.5. The van der Waals surface area contributed by atoms with Crippen LogP contribution in [0.3, 0.4) is 0 Å². The molecule has 0 saturated carbocycles. The topological polar surface area (TPSA) is 29.1 Å². The van der Waals surface area contributed by atoms with E-state index >= 15 is 0 Å². The minimum atomic E-state index is -4.46. The van der Waals surface area contributed by atoms with Gasteiger partial charge in [-0.2, -0.15) is 13.2 Å². The second-order valence-corrected chi connectivity index (χ2v) is 4.93. The van der Waals surface area contributed by atoms with Crippen LogP contribution < -0.4 is 5.32 Å². The van der Waals surface area contributed by atoms with E-state index in [1.165, 1.54) is 0 Å². The van der Waals surface area contributed by atoms with E-state index in [4.69, 9.17) is 11.6 Å². The molecule has 1 rings (SSSR count). The number of anilines is 1. The normalized spacial score (nSPS) is 11.4. The van der Waals surface area contributed by atoms with Crippen LogP contribution in [0.5, 0.6) is 0 Å². The highest BCUT2D eigenvalue weighted by atomic mass is 35.5. The lowest BCUT2D eigenvalue weighted by molar-refractivity contribution is -0.137. The number of hydrogen-bond donors (Lipinski definition) is 1. The molecule has 0 saturated heterocycles. The molecule has 0 aromatic heterocycles. The van der Waals surface area contributed by atoms with Gasteiger partial charge in [-0.1, -0.05) is 30.3 Å². The van der Waals surface area contributed by atoms with Crippen molar-refractivity contribution < 1.29 is 18.0 Å². The third-order valence-corrected chi connectivity index (χ3v) is 3.27. The van der Waals surface area contributed by atoms with Crippen LogP contribution in [-0.4, -0.2) is 11.0 Å². The Balaban J connectivity index is 2.85. The van der Waals surface area contributed by atoms with E-state index in [9.17, 15) is 18.0 Å². The molecule has 0 fully saturated rings. The van der Waals surface area contributed by atoms with Crippen LogP contribution in [0.4, 0.5) is 23.7 Å². The number of benzene rings is 1. The number of amides is 1. The highest BCUT2D eigenvalue weighted by Crippen LogP contribution is 2.34. The van der Waals surface area contributed by atoms with Crippen molar-refractivity contribution in [2.75, 3.05) is 11.1 Å². The van der Waals surface area contributed by atoms with Crippen LogP contribution in [-0.2, 0) is 6.18 Å². The molecule has 0 spiro atoms. The Bertz CT molecular complexity index is 437. The van der Waals surface area contributed by atoms with Crippen molar-refractivity contribution >= 4 is 34.3 Å². The first-order chi connectivity index (χ1) is 8.34. The lowest BCUT2D eigenvalue weighted by Gasteiger charge is -2.11. The molecular weight excluding hydrogens is 287 g/mol. The predicted octanol–water partition coefficient (Wildman–Crippen LogP) is 5.03. The molecule has 1 amide bonds. The van der Waals surface area contributed by atoms with Gasteiger partial charge in [0, 0.05) is 5.75 Å². The Morgan fingerprint density at radius 2 is 2.11 bits per heavy atom. The lowest BCUT2D eigenvalue weighted by atomic mass is 10.2. The van der Waals surface area contributed by atoms with Gasteiger partial charge in [0.2, 0.25) is 0 Å². The zero-order valence-corrected chi connectivity index (χ0v) is 11.0. The first-order valence-corrected chi connectivity index (χ1v) is 6.51. The molecule has 0 aliphatic rings. The standard InChI is InChI=1S/C11H11ClF3NOS/c1-2-5-18-10(17)16-9-6-7(11(13,14)15)3-4-8(9)12/h3-4,6H,2,5H2,1H3,(H,16,17). The number of carbonyl (C=O) groups excluding carboxylic acids is 1. The number of nitrogens with one attached hydrogen (secondary N) is 1. The number of hydrogen-bond acceptors (Lipinski definition) is 2. The highest BCUT2D eigenvalue weighted by molar-refractivity contribution is 8.13. The second-order valence-electron chi connectivity index (χ2n) is 3.45. The second kappa shape index (κ2) is 6.33. The maximum Gasteiger partial charge on any atom is 0.416 e. The summed E-state index contributed by atoms with van der Waals surface area (Å²) in [5, 5.41) is 2.01. The van der Waals surface area contributed by atoms with Crippen LogP contribution >= 0.6 is 23.4 Å². The largest absolute Gasteiger partial charge is 0.416 e. The van der Waals surface area contributed by atoms with Crippen molar-refractivity contribution in [2.45, 2.75) is 19.5 Å². The molecule has 0 heterocycles. The van der Waals surface area contributed by atoms with Gasteiger partial charge in [-0.3, -0.25) is 4.79 Å². The van der Waals surface area contributed by atoms with Gasteiger partial charge in [0.05, 0.1) is 16.3 Å². The van der Waals surface area contributed by atoms with E-state index in [1.807, 2.05) is 6.92 Å². The molecular formula is C11H11ClF3NOS. The Hall–Kier alpha value is -0.880. The molecule has 1 aromatic carbocycles. The Morgan fingerprint density at radius 1 is 1.44 bits per heavy atom. The van der Waals surface area contributed by atoms with Gasteiger partial charge >= 0.3 is 6.18 Å². The van der Waals surface area contributed by atoms with Crippen molar-refractivity contribution in [3.05, 3.63) is 28.8 Å². The Labute approximate surface area is 112 Å². The maximum absolute atomic E-state index is 12.5. The smallest absolute Gasteiger partial charge is 0.315 e. The van der Waals surface area contributed by atoms with E-state index < -0.39 is 17.0 Å². The van der Waals surface area contributed by atoms with Gasteiger partial charge < -0.3 is 5.32 Å². The minimum Gasteiger partial charge on any atom is -0.315 e. The molecule has 2 nitrogen and oxygen atoms in total.